The molecule has 1 saturated heterocycles. The van der Waals surface area contributed by atoms with Gasteiger partial charge in [-0.15, -0.1) is 12.4 Å². The van der Waals surface area contributed by atoms with Gasteiger partial charge in [-0.3, -0.25) is 4.79 Å². The number of carbonyl (C=O) groups excluding carboxylic acids is 1. The molecule has 2 rings (SSSR count). The Hall–Kier alpha value is -1.36. The van der Waals surface area contributed by atoms with Crippen LogP contribution < -0.4 is 10.0 Å². The van der Waals surface area contributed by atoms with Gasteiger partial charge in [-0.1, -0.05) is 12.1 Å². The van der Waals surface area contributed by atoms with Crippen LogP contribution in [0.15, 0.2) is 29.2 Å². The zero-order chi connectivity index (χ0) is 18.7. The van der Waals surface area contributed by atoms with Crippen molar-refractivity contribution in [1.82, 2.24) is 14.9 Å². The van der Waals surface area contributed by atoms with Crippen LogP contribution in [-0.4, -0.2) is 51.4 Å². The maximum Gasteiger partial charge on any atom is 0.417 e. The van der Waals surface area contributed by atoms with Crippen LogP contribution in [0.3, 0.4) is 0 Å². The molecule has 26 heavy (non-hydrogen) atoms. The van der Waals surface area contributed by atoms with Gasteiger partial charge >= 0.3 is 6.18 Å². The van der Waals surface area contributed by atoms with Gasteiger partial charge in [0.2, 0.25) is 15.9 Å². The first-order chi connectivity index (χ1) is 11.6. The number of hydrogen-bond acceptors (Lipinski definition) is 4. The maximum absolute atomic E-state index is 13.0. The molecule has 1 aromatic rings. The van der Waals surface area contributed by atoms with Gasteiger partial charge in [0.25, 0.3) is 0 Å². The smallest absolute Gasteiger partial charge is 0.340 e. The molecular formula is C15H21ClF3N3O3S. The van der Waals surface area contributed by atoms with Crippen LogP contribution >= 0.6 is 12.4 Å². The van der Waals surface area contributed by atoms with Gasteiger partial charge in [0.15, 0.2) is 0 Å². The van der Waals surface area contributed by atoms with Crippen molar-refractivity contribution in [1.29, 1.82) is 0 Å². The number of nitrogens with one attached hydrogen (secondary N) is 2. The molecule has 0 spiro atoms. The summed E-state index contributed by atoms with van der Waals surface area (Å²) in [6, 6.07) is 2.72. The second kappa shape index (κ2) is 9.03. The van der Waals surface area contributed by atoms with Gasteiger partial charge in [0.1, 0.15) is 0 Å². The second-order valence-corrected chi connectivity index (χ2v) is 7.45. The van der Waals surface area contributed by atoms with E-state index in [4.69, 9.17) is 0 Å². The molecule has 6 nitrogen and oxygen atoms in total. The summed E-state index contributed by atoms with van der Waals surface area (Å²) in [6.07, 6.45) is -4.09. The molecule has 0 aliphatic carbocycles. The van der Waals surface area contributed by atoms with E-state index in [1.54, 1.807) is 0 Å². The van der Waals surface area contributed by atoms with E-state index in [-0.39, 0.29) is 12.4 Å². The second-order valence-electron chi connectivity index (χ2n) is 5.77. The monoisotopic (exact) mass is 415 g/mol. The minimum Gasteiger partial charge on any atom is -0.340 e. The average Bonchev–Trinajstić information content (AvgIpc) is 2.82. The lowest BCUT2D eigenvalue weighted by Crippen LogP contribution is -2.48. The number of alkyl halides is 3. The van der Waals surface area contributed by atoms with Gasteiger partial charge in [-0.25, -0.2) is 8.42 Å². The topological polar surface area (TPSA) is 78.5 Å². The van der Waals surface area contributed by atoms with Crippen molar-refractivity contribution in [3.8, 4) is 0 Å². The highest BCUT2D eigenvalue weighted by Gasteiger charge is 2.37. The van der Waals surface area contributed by atoms with E-state index < -0.39 is 38.6 Å². The Morgan fingerprint density at radius 2 is 1.88 bits per heavy atom. The van der Waals surface area contributed by atoms with Crippen LogP contribution in [0, 0.1) is 0 Å². The molecular weight excluding hydrogens is 395 g/mol. The fourth-order valence-corrected chi connectivity index (χ4v) is 4.05. The number of sulfonamides is 1. The standard InChI is InChI=1S/C15H20F3N3O3S.ClH/c1-11(14(22)21-9-4-7-19-8-10-21)20-25(23,24)13-6-3-2-5-12(13)15(16,17)18;/h2-3,5-6,11,19-20H,4,7-10H2,1H3;1H. The first-order valence-electron chi connectivity index (χ1n) is 7.81. The molecule has 0 saturated carbocycles. The molecule has 1 unspecified atom stereocenters. The largest absolute Gasteiger partial charge is 0.417 e. The van der Waals surface area contributed by atoms with Crippen molar-refractivity contribution in [3.05, 3.63) is 29.8 Å². The molecule has 0 radical (unpaired) electrons. The Morgan fingerprint density at radius 3 is 2.54 bits per heavy atom. The summed E-state index contributed by atoms with van der Waals surface area (Å²) in [5, 5.41) is 3.11. The summed E-state index contributed by atoms with van der Waals surface area (Å²) in [7, 11) is -4.50. The van der Waals surface area contributed by atoms with E-state index in [0.29, 0.717) is 25.7 Å². The third-order valence-corrected chi connectivity index (χ3v) is 5.43. The Bertz CT molecular complexity index is 720. The molecule has 1 amide bonds. The molecule has 2 N–H and O–H groups in total. The Kier molecular flexibility index (Phi) is 7.87. The van der Waals surface area contributed by atoms with E-state index in [1.165, 1.54) is 17.9 Å². The van der Waals surface area contributed by atoms with Gasteiger partial charge in [0, 0.05) is 19.6 Å². The van der Waals surface area contributed by atoms with E-state index in [0.717, 1.165) is 25.1 Å². The number of benzene rings is 1. The summed E-state index contributed by atoms with van der Waals surface area (Å²) in [6.45, 7) is 3.56. The highest BCUT2D eigenvalue weighted by atomic mass is 35.5. The van der Waals surface area contributed by atoms with Crippen LogP contribution in [0.1, 0.15) is 18.9 Å². The summed E-state index contributed by atoms with van der Waals surface area (Å²) >= 11 is 0. The summed E-state index contributed by atoms with van der Waals surface area (Å²) in [5.41, 5.74) is -1.26. The SMILES string of the molecule is CC(NS(=O)(=O)c1ccccc1C(F)(F)F)C(=O)N1CCCNCC1.Cl. The third kappa shape index (κ3) is 5.57. The van der Waals surface area contributed by atoms with Gasteiger partial charge < -0.3 is 10.2 Å². The number of halogens is 4. The molecule has 1 fully saturated rings. The number of rotatable bonds is 4. The molecule has 1 heterocycles. The van der Waals surface area contributed by atoms with Crippen molar-refractivity contribution >= 4 is 28.3 Å². The van der Waals surface area contributed by atoms with E-state index in [2.05, 4.69) is 10.0 Å². The predicted molar refractivity (Wildman–Crippen MR) is 92.5 cm³/mol. The zero-order valence-corrected chi connectivity index (χ0v) is 15.7. The fourth-order valence-electron chi connectivity index (χ4n) is 2.62. The number of amides is 1. The molecule has 0 aromatic heterocycles. The van der Waals surface area contributed by atoms with Crippen LogP contribution in [-0.2, 0) is 21.0 Å². The normalized spacial score (nSPS) is 17.2. The van der Waals surface area contributed by atoms with E-state index in [9.17, 15) is 26.4 Å². The van der Waals surface area contributed by atoms with Gasteiger partial charge in [-0.05, 0) is 32.0 Å². The van der Waals surface area contributed by atoms with Crippen molar-refractivity contribution in [2.75, 3.05) is 26.2 Å². The number of nitrogens with zero attached hydrogens (tertiary/aromatic N) is 1. The van der Waals surface area contributed by atoms with Crippen molar-refractivity contribution in [3.63, 3.8) is 0 Å². The van der Waals surface area contributed by atoms with Crippen LogP contribution in [0.4, 0.5) is 13.2 Å². The minimum absolute atomic E-state index is 0. The molecule has 1 aromatic carbocycles. The zero-order valence-electron chi connectivity index (χ0n) is 14.0. The first kappa shape index (κ1) is 22.7. The lowest BCUT2D eigenvalue weighted by atomic mass is 10.2. The number of carbonyl (C=O) groups is 1. The molecule has 1 aliphatic rings. The lowest BCUT2D eigenvalue weighted by Gasteiger charge is -2.24. The third-order valence-electron chi connectivity index (χ3n) is 3.84. The fraction of sp³-hybridized carbons (Fsp3) is 0.533. The summed E-state index contributed by atoms with van der Waals surface area (Å²) in [4.78, 5) is 13.0. The van der Waals surface area contributed by atoms with Crippen LogP contribution in [0.5, 0.6) is 0 Å². The van der Waals surface area contributed by atoms with Gasteiger partial charge in [-0.2, -0.15) is 17.9 Å². The first-order valence-corrected chi connectivity index (χ1v) is 9.29. The Morgan fingerprint density at radius 1 is 1.23 bits per heavy atom. The summed E-state index contributed by atoms with van der Waals surface area (Å²) < 4.78 is 65.9. The van der Waals surface area contributed by atoms with Gasteiger partial charge in [0.05, 0.1) is 16.5 Å². The molecule has 0 bridgehead atoms. The van der Waals surface area contributed by atoms with E-state index >= 15 is 0 Å². The lowest BCUT2D eigenvalue weighted by molar-refractivity contribution is -0.139. The maximum atomic E-state index is 13.0. The van der Waals surface area contributed by atoms with Crippen molar-refractivity contribution in [2.45, 2.75) is 30.5 Å². The van der Waals surface area contributed by atoms with Crippen molar-refractivity contribution in [2.24, 2.45) is 0 Å². The predicted octanol–water partition coefficient (Wildman–Crippen LogP) is 1.62. The number of hydrogen-bond donors (Lipinski definition) is 2. The molecule has 1 aliphatic heterocycles. The van der Waals surface area contributed by atoms with E-state index in [1.807, 2.05) is 0 Å². The Balaban J connectivity index is 0.00000338. The quantitative estimate of drug-likeness (QED) is 0.783. The molecule has 1 atom stereocenters. The summed E-state index contributed by atoms with van der Waals surface area (Å²) in [5.74, 6) is -0.461. The minimum atomic E-state index is -4.81. The van der Waals surface area contributed by atoms with Crippen molar-refractivity contribution < 1.29 is 26.4 Å². The molecule has 148 valence electrons. The van der Waals surface area contributed by atoms with Crippen LogP contribution in [0.25, 0.3) is 0 Å². The Labute approximate surface area is 156 Å². The molecule has 11 heteroatoms. The highest BCUT2D eigenvalue weighted by molar-refractivity contribution is 7.89. The van der Waals surface area contributed by atoms with Crippen LogP contribution in [0.2, 0.25) is 0 Å². The highest BCUT2D eigenvalue weighted by Crippen LogP contribution is 2.33. The average molecular weight is 416 g/mol.